The lowest BCUT2D eigenvalue weighted by Crippen LogP contribution is -2.11. The second-order valence-electron chi connectivity index (χ2n) is 15.6. The van der Waals surface area contributed by atoms with Crippen molar-refractivity contribution < 1.29 is 33.3 Å². The number of ether oxygens (including phenoxy) is 4. The van der Waals surface area contributed by atoms with Gasteiger partial charge in [0.1, 0.15) is 22.7 Å². The highest BCUT2D eigenvalue weighted by atomic mass is 16.6. The number of ketones is 2. The van der Waals surface area contributed by atoms with Crippen LogP contribution in [0.5, 0.6) is 11.5 Å². The summed E-state index contributed by atoms with van der Waals surface area (Å²) in [6.07, 6.45) is 15.9. The number of benzene rings is 4. The van der Waals surface area contributed by atoms with Crippen molar-refractivity contribution in [3.63, 3.8) is 0 Å². The van der Waals surface area contributed by atoms with Crippen molar-refractivity contribution in [3.8, 4) is 11.5 Å². The van der Waals surface area contributed by atoms with Crippen LogP contribution in [0.4, 0.5) is 0 Å². The van der Waals surface area contributed by atoms with E-state index >= 15 is 0 Å². The highest BCUT2D eigenvalue weighted by Crippen LogP contribution is 2.43. The maximum absolute atomic E-state index is 12.5. The summed E-state index contributed by atoms with van der Waals surface area (Å²) in [5, 5.41) is 0. The maximum Gasteiger partial charge on any atom is 0.231 e. The van der Waals surface area contributed by atoms with Crippen LogP contribution >= 0.6 is 0 Å². The van der Waals surface area contributed by atoms with Crippen LogP contribution in [0.2, 0.25) is 0 Å². The van der Waals surface area contributed by atoms with Gasteiger partial charge in [0.15, 0.2) is 18.7 Å². The van der Waals surface area contributed by atoms with Crippen molar-refractivity contribution in [1.82, 2.24) is 0 Å². The van der Waals surface area contributed by atoms with E-state index in [2.05, 4.69) is 80.6 Å². The molecule has 7 nitrogen and oxygen atoms in total. The minimum Gasteiger partial charge on any atom is -0.485 e. The Balaban J connectivity index is 0.000000183. The van der Waals surface area contributed by atoms with E-state index in [1.165, 1.54) is 22.3 Å². The summed E-state index contributed by atoms with van der Waals surface area (Å²) in [6, 6.07) is 35.7. The average Bonchev–Trinajstić information content (AvgIpc) is 3.99. The normalized spacial score (nSPS) is 23.1. The van der Waals surface area contributed by atoms with Crippen molar-refractivity contribution in [3.05, 3.63) is 167 Å². The molecule has 4 aromatic carbocycles. The molecule has 58 heavy (non-hydrogen) atoms. The Bertz CT molecular complexity index is 2100. The largest absolute Gasteiger partial charge is 0.485 e. The molecule has 4 aromatic rings. The van der Waals surface area contributed by atoms with Crippen molar-refractivity contribution in [2.45, 2.75) is 110 Å². The number of hydrogen-bond acceptors (Lipinski definition) is 7. The number of carbonyl (C=O) groups is 3. The molecule has 0 N–H and O–H groups in total. The molecule has 0 aromatic heterocycles. The summed E-state index contributed by atoms with van der Waals surface area (Å²) >= 11 is 0. The molecule has 2 saturated heterocycles. The average molecular weight is 783 g/mol. The molecule has 0 spiro atoms. The molecule has 4 heterocycles. The van der Waals surface area contributed by atoms with Crippen molar-refractivity contribution in [2.24, 2.45) is 0 Å². The highest BCUT2D eigenvalue weighted by molar-refractivity contribution is 6.12. The number of para-hydroxylation sites is 2. The van der Waals surface area contributed by atoms with Gasteiger partial charge in [0.2, 0.25) is 11.6 Å². The van der Waals surface area contributed by atoms with E-state index in [-0.39, 0.29) is 37.8 Å². The van der Waals surface area contributed by atoms with Gasteiger partial charge in [-0.15, -0.1) is 0 Å². The van der Waals surface area contributed by atoms with Crippen molar-refractivity contribution >= 4 is 17.9 Å². The molecule has 4 aliphatic rings. The van der Waals surface area contributed by atoms with Gasteiger partial charge < -0.3 is 23.7 Å². The van der Waals surface area contributed by atoms with Crippen molar-refractivity contribution in [1.29, 1.82) is 0 Å². The Morgan fingerprint density at radius 3 is 1.66 bits per heavy atom. The fourth-order valence-corrected chi connectivity index (χ4v) is 7.09. The van der Waals surface area contributed by atoms with Crippen molar-refractivity contribution in [2.75, 3.05) is 6.61 Å². The number of fused-ring (bicyclic) bond motifs is 2. The van der Waals surface area contributed by atoms with Crippen LogP contribution in [0.1, 0.15) is 105 Å². The third kappa shape index (κ3) is 12.1. The highest BCUT2D eigenvalue weighted by Gasteiger charge is 2.52. The van der Waals surface area contributed by atoms with Gasteiger partial charge in [-0.3, -0.25) is 9.59 Å². The lowest BCUT2D eigenvalue weighted by molar-refractivity contribution is -0.111. The Kier molecular flexibility index (Phi) is 15.4. The Morgan fingerprint density at radius 1 is 0.655 bits per heavy atom. The second kappa shape index (κ2) is 20.4. The molecular weight excluding hydrogens is 725 g/mol. The number of carbonyl (C=O) groups excluding carboxylic acids is 3. The van der Waals surface area contributed by atoms with E-state index in [4.69, 9.17) is 18.9 Å². The number of hydrogen-bond donors (Lipinski definition) is 0. The molecule has 4 unspecified atom stereocenters. The zero-order valence-electron chi connectivity index (χ0n) is 33.6. The zero-order chi connectivity index (χ0) is 40.3. The van der Waals surface area contributed by atoms with Crippen LogP contribution in [0, 0.1) is 0 Å². The molecule has 4 atom stereocenters. The van der Waals surface area contributed by atoms with Crippen LogP contribution in [-0.4, -0.2) is 47.9 Å². The van der Waals surface area contributed by atoms with E-state index in [1.54, 1.807) is 18.2 Å². The van der Waals surface area contributed by atoms with Gasteiger partial charge in [-0.25, -0.2) is 0 Å². The van der Waals surface area contributed by atoms with Crippen LogP contribution < -0.4 is 9.47 Å². The predicted octanol–water partition coefficient (Wildman–Crippen LogP) is 11.3. The molecular formula is C51H58O7. The molecule has 7 heteroatoms. The topological polar surface area (TPSA) is 94.7 Å². The smallest absolute Gasteiger partial charge is 0.231 e. The number of Topliss-reactive ketones (excluding diaryl/α,β-unsaturated/α-hetero) is 2. The molecule has 2 fully saturated rings. The summed E-state index contributed by atoms with van der Waals surface area (Å²) in [4.78, 5) is 34.1. The number of epoxide rings is 2. The van der Waals surface area contributed by atoms with E-state index in [9.17, 15) is 14.4 Å². The van der Waals surface area contributed by atoms with E-state index in [0.29, 0.717) is 28.4 Å². The molecule has 0 bridgehead atoms. The van der Waals surface area contributed by atoms with E-state index < -0.39 is 11.2 Å². The SMILES string of the molecule is C.C/C(=C\CCc1ccccc1)CCC1OC1(C)/C=C1\Oc2ccccc2C1=O.C/C(=C\CCc1ccccc1)CCC1OC1(C)C=O.O=C1COc2ccccc21. The van der Waals surface area contributed by atoms with Crippen LogP contribution in [0.3, 0.4) is 0 Å². The Hall–Kier alpha value is -5.37. The molecule has 0 radical (unpaired) electrons. The molecule has 304 valence electrons. The summed E-state index contributed by atoms with van der Waals surface area (Å²) in [5.41, 5.74) is 5.97. The first kappa shape index (κ1) is 43.7. The molecule has 0 amide bonds. The fraction of sp³-hybridized carbons (Fsp3) is 0.353. The lowest BCUT2D eigenvalue weighted by atomic mass is 9.99. The van der Waals surface area contributed by atoms with Crippen LogP contribution in [0.25, 0.3) is 0 Å². The molecule has 4 aliphatic heterocycles. The number of allylic oxidation sites excluding steroid dienone is 5. The monoisotopic (exact) mass is 782 g/mol. The standard InChI is InChI=1S/C25H26O3.C17H22O2.C8H6O2.CH4/c1-18(9-8-12-19-10-4-3-5-11-19)15-16-23-25(2,28-23)17-22-24(26)20-13-6-7-14-21(20)27-22;1-14(11-12-16-17(2,13-18)19-16)7-6-10-15-8-4-3-5-9-15;9-7-5-10-8-4-2-1-3-6(7)8;/h3-7,9-11,13-14,17,23H,8,12,15-16H2,1-2H3;3-5,7-9,13,16H,6,10-12H2,1-2H3;1-4H,5H2;1H4/b18-9+,22-17-;14-7+;;. The summed E-state index contributed by atoms with van der Waals surface area (Å²) in [6.45, 7) is 8.44. The first-order valence-corrected chi connectivity index (χ1v) is 20.1. The van der Waals surface area contributed by atoms with E-state index in [0.717, 1.165) is 57.7 Å². The number of aryl methyl sites for hydroxylation is 2. The van der Waals surface area contributed by atoms with Gasteiger partial charge in [0, 0.05) is 0 Å². The minimum absolute atomic E-state index is 0. The Labute approximate surface area is 344 Å². The van der Waals surface area contributed by atoms with Gasteiger partial charge in [-0.1, -0.05) is 116 Å². The van der Waals surface area contributed by atoms with Gasteiger partial charge in [0.25, 0.3) is 0 Å². The first-order valence-electron chi connectivity index (χ1n) is 20.1. The minimum atomic E-state index is -0.496. The summed E-state index contributed by atoms with van der Waals surface area (Å²) < 4.78 is 22.1. The third-order valence-corrected chi connectivity index (χ3v) is 10.9. The fourth-order valence-electron chi connectivity index (χ4n) is 7.09. The van der Waals surface area contributed by atoms with Gasteiger partial charge in [0.05, 0.1) is 23.3 Å². The number of aldehydes is 1. The summed E-state index contributed by atoms with van der Waals surface area (Å²) in [5.74, 6) is 1.77. The first-order chi connectivity index (χ1) is 27.6. The maximum atomic E-state index is 12.5. The Morgan fingerprint density at radius 2 is 1.14 bits per heavy atom. The van der Waals surface area contributed by atoms with Gasteiger partial charge >= 0.3 is 0 Å². The van der Waals surface area contributed by atoms with Gasteiger partial charge in [-0.2, -0.15) is 0 Å². The quantitative estimate of drug-likeness (QED) is 0.0544. The number of rotatable bonds is 14. The van der Waals surface area contributed by atoms with Gasteiger partial charge in [-0.05, 0) is 121 Å². The lowest BCUT2D eigenvalue weighted by Gasteiger charge is -2.04. The molecule has 0 aliphatic carbocycles. The second-order valence-corrected chi connectivity index (χ2v) is 15.6. The summed E-state index contributed by atoms with van der Waals surface area (Å²) in [7, 11) is 0. The van der Waals surface area contributed by atoms with E-state index in [1.807, 2.05) is 56.3 Å². The molecule has 0 saturated carbocycles. The van der Waals surface area contributed by atoms with Crippen LogP contribution in [0.15, 0.2) is 144 Å². The van der Waals surface area contributed by atoms with Crippen LogP contribution in [-0.2, 0) is 27.1 Å². The molecule has 8 rings (SSSR count). The predicted molar refractivity (Wildman–Crippen MR) is 231 cm³/mol. The third-order valence-electron chi connectivity index (χ3n) is 10.9. The zero-order valence-corrected chi connectivity index (χ0v) is 33.6.